The number of hydrogen-bond donors (Lipinski definition) is 1. The first-order valence-corrected chi connectivity index (χ1v) is 9.33. The van der Waals surface area contributed by atoms with Crippen molar-refractivity contribution >= 4 is 11.8 Å². The van der Waals surface area contributed by atoms with Crippen molar-refractivity contribution < 1.29 is 4.74 Å². The lowest BCUT2D eigenvalue weighted by molar-refractivity contribution is 0.359. The van der Waals surface area contributed by atoms with E-state index in [4.69, 9.17) is 4.74 Å². The van der Waals surface area contributed by atoms with Crippen molar-refractivity contribution in [1.82, 2.24) is 5.32 Å². The van der Waals surface area contributed by atoms with Gasteiger partial charge in [0.1, 0.15) is 5.75 Å². The monoisotopic (exact) mass is 307 g/mol. The summed E-state index contributed by atoms with van der Waals surface area (Å²) in [5.74, 6) is 4.61. The third-order valence-electron chi connectivity index (χ3n) is 4.35. The molecule has 3 heteroatoms. The first kappa shape index (κ1) is 16.7. The largest absolute Gasteiger partial charge is 0.496 e. The predicted octanol–water partition coefficient (Wildman–Crippen LogP) is 4.06. The van der Waals surface area contributed by atoms with Crippen LogP contribution in [0.15, 0.2) is 18.2 Å². The summed E-state index contributed by atoms with van der Waals surface area (Å²) in [4.78, 5) is 0. The standard InChI is InChI=1S/C18H29NOS/c1-4-19-17(12-15-7-9-21-10-8-15)13-16-11-14(2)5-6-18(16)20-3/h5-6,11,15,17,19H,4,7-10,12-13H2,1-3H3. The van der Waals surface area contributed by atoms with E-state index in [-0.39, 0.29) is 0 Å². The van der Waals surface area contributed by atoms with Gasteiger partial charge in [-0.05, 0) is 68.2 Å². The molecular weight excluding hydrogens is 278 g/mol. The molecule has 0 radical (unpaired) electrons. The normalized spacial score (nSPS) is 17.7. The van der Waals surface area contributed by atoms with Crippen molar-refractivity contribution in [1.29, 1.82) is 0 Å². The molecule has 1 fully saturated rings. The summed E-state index contributed by atoms with van der Waals surface area (Å²) >= 11 is 2.11. The molecular formula is C18H29NOS. The second kappa shape index (κ2) is 8.70. The molecule has 0 aromatic heterocycles. The highest BCUT2D eigenvalue weighted by molar-refractivity contribution is 7.99. The van der Waals surface area contributed by atoms with Gasteiger partial charge in [0.25, 0.3) is 0 Å². The summed E-state index contributed by atoms with van der Waals surface area (Å²) in [7, 11) is 1.77. The third-order valence-corrected chi connectivity index (χ3v) is 5.40. The fourth-order valence-corrected chi connectivity index (χ4v) is 4.45. The summed E-state index contributed by atoms with van der Waals surface area (Å²) in [5, 5.41) is 3.69. The fraction of sp³-hybridized carbons (Fsp3) is 0.667. The number of nitrogens with one attached hydrogen (secondary N) is 1. The first-order chi connectivity index (χ1) is 10.2. The SMILES string of the molecule is CCNC(Cc1cc(C)ccc1OC)CC1CCSCC1. The molecule has 1 aromatic rings. The van der Waals surface area contributed by atoms with Gasteiger partial charge >= 0.3 is 0 Å². The highest BCUT2D eigenvalue weighted by Gasteiger charge is 2.20. The molecule has 1 aliphatic heterocycles. The van der Waals surface area contributed by atoms with E-state index in [0.717, 1.165) is 24.6 Å². The van der Waals surface area contributed by atoms with Gasteiger partial charge in [-0.2, -0.15) is 11.8 Å². The van der Waals surface area contributed by atoms with Gasteiger partial charge in [-0.3, -0.25) is 0 Å². The van der Waals surface area contributed by atoms with Crippen molar-refractivity contribution in [2.45, 2.75) is 45.6 Å². The second-order valence-electron chi connectivity index (χ2n) is 6.07. The third kappa shape index (κ3) is 5.23. The number of thioether (sulfide) groups is 1. The Bertz CT molecular complexity index is 429. The Morgan fingerprint density at radius 2 is 2.10 bits per heavy atom. The first-order valence-electron chi connectivity index (χ1n) is 8.17. The average molecular weight is 308 g/mol. The fourth-order valence-electron chi connectivity index (χ4n) is 3.24. The minimum absolute atomic E-state index is 0.568. The van der Waals surface area contributed by atoms with Crippen LogP contribution in [0.3, 0.4) is 0 Å². The number of rotatable bonds is 7. The zero-order chi connectivity index (χ0) is 15.1. The molecule has 1 aromatic carbocycles. The van der Waals surface area contributed by atoms with Crippen LogP contribution in [0.1, 0.15) is 37.3 Å². The van der Waals surface area contributed by atoms with Crippen molar-refractivity contribution in [3.8, 4) is 5.75 Å². The predicted molar refractivity (Wildman–Crippen MR) is 93.6 cm³/mol. The molecule has 118 valence electrons. The summed E-state index contributed by atoms with van der Waals surface area (Å²) < 4.78 is 5.54. The zero-order valence-corrected chi connectivity index (χ0v) is 14.5. The van der Waals surface area contributed by atoms with Crippen LogP contribution in [-0.2, 0) is 6.42 Å². The molecule has 1 saturated heterocycles. The van der Waals surface area contributed by atoms with Crippen LogP contribution in [0.5, 0.6) is 5.75 Å². The lowest BCUT2D eigenvalue weighted by Gasteiger charge is -2.27. The van der Waals surface area contributed by atoms with E-state index in [1.54, 1.807) is 7.11 Å². The van der Waals surface area contributed by atoms with Crippen molar-refractivity contribution in [3.05, 3.63) is 29.3 Å². The molecule has 0 amide bonds. The Labute approximate surface area is 134 Å². The molecule has 1 heterocycles. The lowest BCUT2D eigenvalue weighted by Crippen LogP contribution is -2.34. The van der Waals surface area contributed by atoms with Gasteiger partial charge in [0.15, 0.2) is 0 Å². The lowest BCUT2D eigenvalue weighted by atomic mass is 9.90. The minimum Gasteiger partial charge on any atom is -0.496 e. The molecule has 1 aliphatic rings. The number of likely N-dealkylation sites (N-methyl/N-ethyl adjacent to an activating group) is 1. The van der Waals surface area contributed by atoms with Crippen LogP contribution in [-0.4, -0.2) is 31.2 Å². The second-order valence-corrected chi connectivity index (χ2v) is 7.29. The van der Waals surface area contributed by atoms with Crippen LogP contribution in [0, 0.1) is 12.8 Å². The maximum Gasteiger partial charge on any atom is 0.122 e. The van der Waals surface area contributed by atoms with Crippen LogP contribution in [0.4, 0.5) is 0 Å². The van der Waals surface area contributed by atoms with Crippen LogP contribution >= 0.6 is 11.8 Å². The van der Waals surface area contributed by atoms with Gasteiger partial charge in [-0.25, -0.2) is 0 Å². The Balaban J connectivity index is 2.02. The van der Waals surface area contributed by atoms with Gasteiger partial charge in [0, 0.05) is 6.04 Å². The number of methoxy groups -OCH3 is 1. The molecule has 2 nitrogen and oxygen atoms in total. The van der Waals surface area contributed by atoms with Gasteiger partial charge in [0.2, 0.25) is 0 Å². The number of aryl methyl sites for hydroxylation is 1. The van der Waals surface area contributed by atoms with Gasteiger partial charge < -0.3 is 10.1 Å². The Kier molecular flexibility index (Phi) is 6.91. The Morgan fingerprint density at radius 3 is 2.76 bits per heavy atom. The molecule has 0 aliphatic carbocycles. The van der Waals surface area contributed by atoms with E-state index in [1.807, 2.05) is 0 Å². The van der Waals surface area contributed by atoms with Crippen molar-refractivity contribution in [2.24, 2.45) is 5.92 Å². The van der Waals surface area contributed by atoms with Gasteiger partial charge in [-0.15, -0.1) is 0 Å². The number of hydrogen-bond acceptors (Lipinski definition) is 3. The quantitative estimate of drug-likeness (QED) is 0.821. The van der Waals surface area contributed by atoms with Crippen molar-refractivity contribution in [3.63, 3.8) is 0 Å². The zero-order valence-electron chi connectivity index (χ0n) is 13.7. The smallest absolute Gasteiger partial charge is 0.122 e. The molecule has 21 heavy (non-hydrogen) atoms. The maximum atomic E-state index is 5.54. The Hall–Kier alpha value is -0.670. The van der Waals surface area contributed by atoms with E-state index < -0.39 is 0 Å². The highest BCUT2D eigenvalue weighted by Crippen LogP contribution is 2.28. The van der Waals surface area contributed by atoms with E-state index in [9.17, 15) is 0 Å². The Morgan fingerprint density at radius 1 is 1.33 bits per heavy atom. The topological polar surface area (TPSA) is 21.3 Å². The number of benzene rings is 1. The molecule has 0 saturated carbocycles. The molecule has 2 rings (SSSR count). The summed E-state index contributed by atoms with van der Waals surface area (Å²) in [6.45, 7) is 5.40. The highest BCUT2D eigenvalue weighted by atomic mass is 32.2. The number of ether oxygens (including phenoxy) is 1. The van der Waals surface area contributed by atoms with Crippen molar-refractivity contribution in [2.75, 3.05) is 25.2 Å². The summed E-state index contributed by atoms with van der Waals surface area (Å²) in [6.07, 6.45) is 5.14. The molecule has 0 bridgehead atoms. The summed E-state index contributed by atoms with van der Waals surface area (Å²) in [5.41, 5.74) is 2.66. The van der Waals surface area contributed by atoms with Crippen LogP contribution < -0.4 is 10.1 Å². The van der Waals surface area contributed by atoms with E-state index in [1.165, 1.54) is 41.9 Å². The van der Waals surface area contributed by atoms with Crippen LogP contribution in [0.2, 0.25) is 0 Å². The molecule has 0 spiro atoms. The molecule has 1 atom stereocenters. The van der Waals surface area contributed by atoms with E-state index >= 15 is 0 Å². The van der Waals surface area contributed by atoms with Gasteiger partial charge in [-0.1, -0.05) is 24.6 Å². The molecule has 1 unspecified atom stereocenters. The average Bonchev–Trinajstić information content (AvgIpc) is 2.49. The summed E-state index contributed by atoms with van der Waals surface area (Å²) in [6, 6.07) is 7.08. The van der Waals surface area contributed by atoms with Crippen LogP contribution in [0.25, 0.3) is 0 Å². The minimum atomic E-state index is 0.568. The van der Waals surface area contributed by atoms with E-state index in [0.29, 0.717) is 6.04 Å². The maximum absolute atomic E-state index is 5.54. The molecule has 1 N–H and O–H groups in total. The van der Waals surface area contributed by atoms with E-state index in [2.05, 4.69) is 49.1 Å². The van der Waals surface area contributed by atoms with Gasteiger partial charge in [0.05, 0.1) is 7.11 Å².